The molecule has 1 aromatic heterocycles. The van der Waals surface area contributed by atoms with E-state index in [0.29, 0.717) is 28.5 Å². The summed E-state index contributed by atoms with van der Waals surface area (Å²) in [6.45, 7) is 3.35. The average molecular weight is 458 g/mol. The fourth-order valence-electron chi connectivity index (χ4n) is 2.70. The maximum absolute atomic E-state index is 12.7. The number of hydrogen-bond donors (Lipinski definition) is 2. The van der Waals surface area contributed by atoms with Crippen molar-refractivity contribution in [3.05, 3.63) is 65.5 Å². The van der Waals surface area contributed by atoms with E-state index in [1.54, 1.807) is 38.1 Å². The summed E-state index contributed by atoms with van der Waals surface area (Å²) in [4.78, 5) is 14.3. The van der Waals surface area contributed by atoms with Crippen LogP contribution >= 0.6 is 0 Å². The summed E-state index contributed by atoms with van der Waals surface area (Å²) in [5.74, 6) is 0.728. The Labute approximate surface area is 185 Å². The Morgan fingerprint density at radius 2 is 1.78 bits per heavy atom. The second kappa shape index (κ2) is 9.52. The van der Waals surface area contributed by atoms with Gasteiger partial charge in [-0.1, -0.05) is 17.3 Å². The number of hydrazone groups is 1. The number of anilines is 1. The number of carbonyl (C=O) groups excluding carboxylic acids is 1. The first kappa shape index (κ1) is 22.8. The van der Waals surface area contributed by atoms with Crippen molar-refractivity contribution in [1.82, 2.24) is 9.99 Å². The van der Waals surface area contributed by atoms with Gasteiger partial charge in [0.2, 0.25) is 0 Å². The van der Waals surface area contributed by atoms with Gasteiger partial charge in [-0.05, 0) is 43.7 Å². The molecule has 11 heteroatoms. The molecule has 10 nitrogen and oxygen atoms in total. The molecule has 3 rings (SSSR count). The number of nitrogens with zero attached hydrogens (tertiary/aromatic N) is 2. The standard InChI is InChI=1S/C21H22N4O6S/c1-13-11-18(24-31-13)21(26)22-16-7-5-15(6-8-16)14(2)23-25-32(27,28)20-10-9-17(29-3)12-19(20)30-4/h5-12,25H,1-4H3,(H,22,26). The van der Waals surface area contributed by atoms with Crippen LogP contribution in [-0.2, 0) is 10.0 Å². The smallest absolute Gasteiger partial charge is 0.280 e. The summed E-state index contributed by atoms with van der Waals surface area (Å²) in [5, 5.41) is 10.3. The fourth-order valence-corrected chi connectivity index (χ4v) is 3.71. The largest absolute Gasteiger partial charge is 0.497 e. The van der Waals surface area contributed by atoms with E-state index in [1.165, 1.54) is 38.5 Å². The van der Waals surface area contributed by atoms with E-state index in [0.717, 1.165) is 0 Å². The second-order valence-corrected chi connectivity index (χ2v) is 8.29. The molecule has 0 fully saturated rings. The van der Waals surface area contributed by atoms with Crippen LogP contribution in [0.25, 0.3) is 0 Å². The van der Waals surface area contributed by atoms with Gasteiger partial charge in [-0.3, -0.25) is 4.79 Å². The molecule has 0 aliphatic heterocycles. The molecule has 0 spiro atoms. The lowest BCUT2D eigenvalue weighted by atomic mass is 10.1. The van der Waals surface area contributed by atoms with Crippen LogP contribution in [0.5, 0.6) is 11.5 Å². The molecule has 0 saturated carbocycles. The molecule has 0 bridgehead atoms. The van der Waals surface area contributed by atoms with Crippen LogP contribution in [0.3, 0.4) is 0 Å². The zero-order valence-corrected chi connectivity index (χ0v) is 18.7. The van der Waals surface area contributed by atoms with Crippen molar-refractivity contribution in [2.24, 2.45) is 5.10 Å². The highest BCUT2D eigenvalue weighted by Gasteiger charge is 2.20. The van der Waals surface area contributed by atoms with Gasteiger partial charge in [0.25, 0.3) is 15.9 Å². The van der Waals surface area contributed by atoms with Crippen molar-refractivity contribution < 1.29 is 27.2 Å². The van der Waals surface area contributed by atoms with E-state index in [-0.39, 0.29) is 16.3 Å². The predicted octanol–water partition coefficient (Wildman–Crippen LogP) is 2.96. The molecule has 32 heavy (non-hydrogen) atoms. The first-order valence-electron chi connectivity index (χ1n) is 9.36. The maximum atomic E-state index is 12.7. The Bertz CT molecular complexity index is 1250. The normalized spacial score (nSPS) is 11.7. The third-order valence-electron chi connectivity index (χ3n) is 4.41. The van der Waals surface area contributed by atoms with Crippen LogP contribution < -0.4 is 19.6 Å². The van der Waals surface area contributed by atoms with Gasteiger partial charge in [0.15, 0.2) is 5.69 Å². The molecule has 0 aliphatic rings. The molecule has 2 N–H and O–H groups in total. The van der Waals surface area contributed by atoms with Gasteiger partial charge in [0.05, 0.1) is 19.9 Å². The molecule has 0 atom stereocenters. The Kier molecular flexibility index (Phi) is 6.79. The molecule has 0 saturated heterocycles. The Balaban J connectivity index is 1.71. The van der Waals surface area contributed by atoms with Crippen LogP contribution in [0.2, 0.25) is 0 Å². The van der Waals surface area contributed by atoms with Gasteiger partial charge in [0, 0.05) is 17.8 Å². The van der Waals surface area contributed by atoms with E-state index in [2.05, 4.69) is 20.4 Å². The number of amides is 1. The van der Waals surface area contributed by atoms with Crippen LogP contribution in [0, 0.1) is 6.92 Å². The summed E-state index contributed by atoms with van der Waals surface area (Å²) in [6, 6.07) is 12.6. The molecule has 3 aromatic rings. The van der Waals surface area contributed by atoms with Crippen LogP contribution in [0.1, 0.15) is 28.7 Å². The summed E-state index contributed by atoms with van der Waals surface area (Å²) in [6.07, 6.45) is 0. The van der Waals surface area contributed by atoms with Crippen molar-refractivity contribution in [2.75, 3.05) is 19.5 Å². The van der Waals surface area contributed by atoms with E-state index in [4.69, 9.17) is 14.0 Å². The summed E-state index contributed by atoms with van der Waals surface area (Å²) in [7, 11) is -1.13. The lowest BCUT2D eigenvalue weighted by Gasteiger charge is -2.11. The van der Waals surface area contributed by atoms with Crippen LogP contribution in [-0.4, -0.2) is 39.4 Å². The van der Waals surface area contributed by atoms with Gasteiger partial charge in [-0.2, -0.15) is 18.4 Å². The second-order valence-electron chi connectivity index (χ2n) is 6.66. The number of benzene rings is 2. The highest BCUT2D eigenvalue weighted by Crippen LogP contribution is 2.28. The van der Waals surface area contributed by atoms with Gasteiger partial charge in [-0.15, -0.1) is 0 Å². The lowest BCUT2D eigenvalue weighted by Crippen LogP contribution is -2.20. The molecule has 2 aromatic carbocycles. The van der Waals surface area contributed by atoms with Gasteiger partial charge < -0.3 is 19.3 Å². The van der Waals surface area contributed by atoms with E-state index in [1.807, 2.05) is 0 Å². The van der Waals surface area contributed by atoms with E-state index >= 15 is 0 Å². The highest BCUT2D eigenvalue weighted by molar-refractivity contribution is 7.89. The number of hydrogen-bond acceptors (Lipinski definition) is 8. The summed E-state index contributed by atoms with van der Waals surface area (Å²) in [5.41, 5.74) is 1.79. The lowest BCUT2D eigenvalue weighted by molar-refractivity contribution is 0.101. The predicted molar refractivity (Wildman–Crippen MR) is 118 cm³/mol. The number of sulfonamides is 1. The fraction of sp³-hybridized carbons (Fsp3) is 0.190. The zero-order valence-electron chi connectivity index (χ0n) is 17.9. The van der Waals surface area contributed by atoms with Crippen molar-refractivity contribution in [3.63, 3.8) is 0 Å². The number of rotatable bonds is 8. The van der Waals surface area contributed by atoms with Gasteiger partial charge in [-0.25, -0.2) is 0 Å². The minimum absolute atomic E-state index is 0.0708. The molecular formula is C21H22N4O6S. The minimum Gasteiger partial charge on any atom is -0.497 e. The maximum Gasteiger partial charge on any atom is 0.280 e. The van der Waals surface area contributed by atoms with Gasteiger partial charge in [0.1, 0.15) is 22.2 Å². The number of ether oxygens (including phenoxy) is 2. The van der Waals surface area contributed by atoms with Gasteiger partial charge >= 0.3 is 0 Å². The molecule has 0 aliphatic carbocycles. The first-order valence-corrected chi connectivity index (χ1v) is 10.8. The number of nitrogens with one attached hydrogen (secondary N) is 2. The highest BCUT2D eigenvalue weighted by atomic mass is 32.2. The summed E-state index contributed by atoms with van der Waals surface area (Å²) >= 11 is 0. The Hall–Kier alpha value is -3.86. The van der Waals surface area contributed by atoms with Crippen molar-refractivity contribution in [3.8, 4) is 11.5 Å². The van der Waals surface area contributed by atoms with Crippen LogP contribution in [0.15, 0.2) is 63.1 Å². The number of carbonyl (C=O) groups is 1. The number of methoxy groups -OCH3 is 2. The van der Waals surface area contributed by atoms with Crippen molar-refractivity contribution >= 4 is 27.3 Å². The minimum atomic E-state index is -3.97. The first-order chi connectivity index (χ1) is 15.2. The summed E-state index contributed by atoms with van der Waals surface area (Å²) < 4.78 is 40.4. The molecule has 0 unspecified atom stereocenters. The van der Waals surface area contributed by atoms with E-state index in [9.17, 15) is 13.2 Å². The van der Waals surface area contributed by atoms with Crippen LogP contribution in [0.4, 0.5) is 5.69 Å². The third kappa shape index (κ3) is 5.24. The Morgan fingerprint density at radius 3 is 2.38 bits per heavy atom. The molecule has 1 heterocycles. The average Bonchev–Trinajstić information content (AvgIpc) is 3.24. The molecule has 168 valence electrons. The zero-order chi connectivity index (χ0) is 23.3. The molecular weight excluding hydrogens is 436 g/mol. The third-order valence-corrected chi connectivity index (χ3v) is 5.66. The number of aromatic nitrogens is 1. The van der Waals surface area contributed by atoms with Crippen molar-refractivity contribution in [1.29, 1.82) is 0 Å². The SMILES string of the molecule is COc1ccc(S(=O)(=O)NN=C(C)c2ccc(NC(=O)c3cc(C)on3)cc2)c(OC)c1. The molecule has 1 amide bonds. The monoisotopic (exact) mass is 458 g/mol. The van der Waals surface area contributed by atoms with E-state index < -0.39 is 15.9 Å². The Morgan fingerprint density at radius 1 is 1.06 bits per heavy atom. The topological polar surface area (TPSA) is 132 Å². The molecule has 0 radical (unpaired) electrons. The van der Waals surface area contributed by atoms with Crippen molar-refractivity contribution in [2.45, 2.75) is 18.7 Å². The number of aryl methyl sites for hydroxylation is 1. The quantitative estimate of drug-likeness (QED) is 0.392.